The highest BCUT2D eigenvalue weighted by atomic mass is 15.0. The first-order valence-corrected chi connectivity index (χ1v) is 7.69. The van der Waals surface area contributed by atoms with Crippen LogP contribution in [0.4, 0.5) is 0 Å². The van der Waals surface area contributed by atoms with Crippen LogP contribution in [0.5, 0.6) is 0 Å². The van der Waals surface area contributed by atoms with Gasteiger partial charge in [-0.25, -0.2) is 0 Å². The quantitative estimate of drug-likeness (QED) is 0.871. The fraction of sp³-hybridized carbons (Fsp3) is 0.647. The highest BCUT2D eigenvalue weighted by Gasteiger charge is 2.31. The zero-order chi connectivity index (χ0) is 13.3. The average molecular weight is 258 g/mol. The molecule has 2 N–H and O–H groups in total. The molecule has 0 radical (unpaired) electrons. The van der Waals surface area contributed by atoms with Gasteiger partial charge in [-0.3, -0.25) is 0 Å². The van der Waals surface area contributed by atoms with Crippen LogP contribution in [-0.2, 0) is 6.42 Å². The number of hydrogen-bond donors (Lipinski definition) is 2. The lowest BCUT2D eigenvalue weighted by Gasteiger charge is -2.28. The summed E-state index contributed by atoms with van der Waals surface area (Å²) >= 11 is 0. The van der Waals surface area contributed by atoms with E-state index >= 15 is 0 Å². The monoisotopic (exact) mass is 258 g/mol. The predicted octanol–water partition coefficient (Wildman–Crippen LogP) is 3.04. The summed E-state index contributed by atoms with van der Waals surface area (Å²) in [4.78, 5) is 0. The van der Waals surface area contributed by atoms with Gasteiger partial charge in [-0.2, -0.15) is 0 Å². The fourth-order valence-electron chi connectivity index (χ4n) is 3.67. The Morgan fingerprint density at radius 1 is 1.32 bits per heavy atom. The SMILES string of the molecule is CC1(C)CCC(NCC2NCCc3ccccc32)C1. The molecule has 1 aromatic carbocycles. The highest BCUT2D eigenvalue weighted by molar-refractivity contribution is 5.32. The first kappa shape index (κ1) is 13.1. The van der Waals surface area contributed by atoms with Gasteiger partial charge in [0.15, 0.2) is 0 Å². The van der Waals surface area contributed by atoms with Gasteiger partial charge in [0.2, 0.25) is 0 Å². The van der Waals surface area contributed by atoms with Crippen molar-refractivity contribution in [2.24, 2.45) is 5.41 Å². The molecule has 2 aliphatic rings. The van der Waals surface area contributed by atoms with Gasteiger partial charge in [0.1, 0.15) is 0 Å². The third kappa shape index (κ3) is 3.01. The molecule has 2 unspecified atom stereocenters. The molecule has 2 heteroatoms. The summed E-state index contributed by atoms with van der Waals surface area (Å²) in [5.74, 6) is 0. The molecule has 1 aromatic rings. The van der Waals surface area contributed by atoms with Crippen molar-refractivity contribution in [1.82, 2.24) is 10.6 Å². The predicted molar refractivity (Wildman–Crippen MR) is 80.3 cm³/mol. The van der Waals surface area contributed by atoms with E-state index in [2.05, 4.69) is 48.7 Å². The fourth-order valence-corrected chi connectivity index (χ4v) is 3.67. The molecule has 1 fully saturated rings. The molecule has 0 aromatic heterocycles. The van der Waals surface area contributed by atoms with E-state index in [9.17, 15) is 0 Å². The van der Waals surface area contributed by atoms with Crippen molar-refractivity contribution in [2.75, 3.05) is 13.1 Å². The van der Waals surface area contributed by atoms with Crippen molar-refractivity contribution in [3.8, 4) is 0 Å². The molecule has 1 aliphatic heterocycles. The molecule has 2 atom stereocenters. The van der Waals surface area contributed by atoms with Gasteiger partial charge >= 0.3 is 0 Å². The molecule has 0 saturated heterocycles. The summed E-state index contributed by atoms with van der Waals surface area (Å²) in [5, 5.41) is 7.44. The number of rotatable bonds is 3. The molecular formula is C17H26N2. The highest BCUT2D eigenvalue weighted by Crippen LogP contribution is 2.37. The molecule has 1 aliphatic carbocycles. The molecule has 104 valence electrons. The van der Waals surface area contributed by atoms with Crippen LogP contribution in [-0.4, -0.2) is 19.1 Å². The largest absolute Gasteiger partial charge is 0.312 e. The smallest absolute Gasteiger partial charge is 0.0449 e. The van der Waals surface area contributed by atoms with Crippen molar-refractivity contribution in [1.29, 1.82) is 0 Å². The van der Waals surface area contributed by atoms with E-state index in [1.54, 1.807) is 0 Å². The summed E-state index contributed by atoms with van der Waals surface area (Å²) in [5.41, 5.74) is 3.56. The van der Waals surface area contributed by atoms with Gasteiger partial charge in [0, 0.05) is 18.6 Å². The molecule has 0 amide bonds. The van der Waals surface area contributed by atoms with E-state index in [-0.39, 0.29) is 0 Å². The summed E-state index contributed by atoms with van der Waals surface area (Å²) in [7, 11) is 0. The Labute approximate surface area is 117 Å². The molecule has 1 heterocycles. The number of hydrogen-bond acceptors (Lipinski definition) is 2. The van der Waals surface area contributed by atoms with Crippen molar-refractivity contribution in [2.45, 2.75) is 51.6 Å². The van der Waals surface area contributed by atoms with E-state index in [0.717, 1.165) is 13.1 Å². The summed E-state index contributed by atoms with van der Waals surface area (Å²) in [6.07, 6.45) is 5.19. The van der Waals surface area contributed by atoms with Gasteiger partial charge in [-0.05, 0) is 48.8 Å². The molecule has 19 heavy (non-hydrogen) atoms. The maximum atomic E-state index is 3.79. The second kappa shape index (κ2) is 5.26. The number of fused-ring (bicyclic) bond motifs is 1. The van der Waals surface area contributed by atoms with Crippen molar-refractivity contribution < 1.29 is 0 Å². The van der Waals surface area contributed by atoms with E-state index in [1.807, 2.05) is 0 Å². The molecule has 0 bridgehead atoms. The van der Waals surface area contributed by atoms with Crippen LogP contribution < -0.4 is 10.6 Å². The second-order valence-electron chi connectivity index (χ2n) is 6.97. The minimum atomic E-state index is 0.494. The Balaban J connectivity index is 1.60. The lowest BCUT2D eigenvalue weighted by molar-refractivity contribution is 0.357. The number of benzene rings is 1. The first-order chi connectivity index (χ1) is 9.14. The normalized spacial score (nSPS) is 29.2. The molecule has 1 saturated carbocycles. The Morgan fingerprint density at radius 3 is 2.95 bits per heavy atom. The van der Waals surface area contributed by atoms with Crippen LogP contribution in [0.2, 0.25) is 0 Å². The lowest BCUT2D eigenvalue weighted by Crippen LogP contribution is -2.40. The van der Waals surface area contributed by atoms with Crippen LogP contribution in [0.1, 0.15) is 50.3 Å². The molecule has 0 spiro atoms. The van der Waals surface area contributed by atoms with Crippen molar-refractivity contribution in [3.05, 3.63) is 35.4 Å². The summed E-state index contributed by atoms with van der Waals surface area (Å²) in [6.45, 7) is 6.96. The van der Waals surface area contributed by atoms with Crippen LogP contribution >= 0.6 is 0 Å². The maximum absolute atomic E-state index is 3.79. The summed E-state index contributed by atoms with van der Waals surface area (Å²) in [6, 6.07) is 10.1. The first-order valence-electron chi connectivity index (χ1n) is 7.69. The molecular weight excluding hydrogens is 232 g/mol. The van der Waals surface area contributed by atoms with E-state index in [0.29, 0.717) is 17.5 Å². The lowest BCUT2D eigenvalue weighted by atomic mass is 9.91. The maximum Gasteiger partial charge on any atom is 0.0449 e. The Kier molecular flexibility index (Phi) is 3.64. The standard InChI is InChI=1S/C17H26N2/c1-17(2)9-7-14(11-17)19-12-16-15-6-4-3-5-13(15)8-10-18-16/h3-6,14,16,18-19H,7-12H2,1-2H3. The topological polar surface area (TPSA) is 24.1 Å². The van der Waals surface area contributed by atoms with E-state index in [1.165, 1.54) is 36.8 Å². The minimum Gasteiger partial charge on any atom is -0.312 e. The Bertz CT molecular complexity index is 439. The molecule has 3 rings (SSSR count). The van der Waals surface area contributed by atoms with Gasteiger partial charge < -0.3 is 10.6 Å². The zero-order valence-electron chi connectivity index (χ0n) is 12.2. The van der Waals surface area contributed by atoms with Gasteiger partial charge in [0.25, 0.3) is 0 Å². The van der Waals surface area contributed by atoms with Crippen LogP contribution in [0.15, 0.2) is 24.3 Å². The third-order valence-electron chi connectivity index (χ3n) is 4.79. The Hall–Kier alpha value is -0.860. The van der Waals surface area contributed by atoms with E-state index < -0.39 is 0 Å². The zero-order valence-corrected chi connectivity index (χ0v) is 12.2. The van der Waals surface area contributed by atoms with Crippen LogP contribution in [0, 0.1) is 5.41 Å². The van der Waals surface area contributed by atoms with Gasteiger partial charge in [-0.15, -0.1) is 0 Å². The van der Waals surface area contributed by atoms with E-state index in [4.69, 9.17) is 0 Å². The minimum absolute atomic E-state index is 0.494. The average Bonchev–Trinajstić information content (AvgIpc) is 2.76. The third-order valence-corrected chi connectivity index (χ3v) is 4.79. The molecule has 2 nitrogen and oxygen atoms in total. The van der Waals surface area contributed by atoms with Crippen molar-refractivity contribution >= 4 is 0 Å². The Morgan fingerprint density at radius 2 is 2.16 bits per heavy atom. The van der Waals surface area contributed by atoms with Crippen molar-refractivity contribution in [3.63, 3.8) is 0 Å². The second-order valence-corrected chi connectivity index (χ2v) is 6.97. The van der Waals surface area contributed by atoms with Gasteiger partial charge in [-0.1, -0.05) is 38.1 Å². The number of nitrogens with one attached hydrogen (secondary N) is 2. The summed E-state index contributed by atoms with van der Waals surface area (Å²) < 4.78 is 0. The van der Waals surface area contributed by atoms with Crippen LogP contribution in [0.25, 0.3) is 0 Å². The van der Waals surface area contributed by atoms with Gasteiger partial charge in [0.05, 0.1) is 0 Å². The van der Waals surface area contributed by atoms with Crippen LogP contribution in [0.3, 0.4) is 0 Å².